The quantitative estimate of drug-likeness (QED) is 0.478. The van der Waals surface area contributed by atoms with Crippen LogP contribution in [0.15, 0.2) is 48.1 Å². The first-order valence-corrected chi connectivity index (χ1v) is 8.84. The topological polar surface area (TPSA) is 9.23 Å². The first kappa shape index (κ1) is 21.5. The van der Waals surface area contributed by atoms with Crippen molar-refractivity contribution in [2.24, 2.45) is 0 Å². The molecule has 2 aromatic carbocycles. The summed E-state index contributed by atoms with van der Waals surface area (Å²) in [4.78, 5) is 0. The maximum atomic E-state index is 5.45. The number of hydrogen-bond donors (Lipinski definition) is 0. The summed E-state index contributed by atoms with van der Waals surface area (Å²) in [5.74, 6) is 0.964. The van der Waals surface area contributed by atoms with Crippen LogP contribution in [0.1, 0.15) is 34.7 Å². The van der Waals surface area contributed by atoms with Gasteiger partial charge in [0, 0.05) is 0 Å². The summed E-state index contributed by atoms with van der Waals surface area (Å²) in [7, 11) is 4.54. The zero-order valence-corrected chi connectivity index (χ0v) is 17.7. The minimum atomic E-state index is 0. The number of halogens is 1. The van der Waals surface area contributed by atoms with E-state index in [0.29, 0.717) is 0 Å². The molecule has 0 amide bonds. The van der Waals surface area contributed by atoms with E-state index in [4.69, 9.17) is 4.74 Å². The van der Waals surface area contributed by atoms with Gasteiger partial charge in [0.1, 0.15) is 5.75 Å². The Morgan fingerprint density at radius 3 is 2.44 bits per heavy atom. The van der Waals surface area contributed by atoms with Gasteiger partial charge in [-0.3, -0.25) is 0 Å². The van der Waals surface area contributed by atoms with Crippen LogP contribution in [0.2, 0.25) is 0 Å². The van der Waals surface area contributed by atoms with Crippen molar-refractivity contribution in [2.45, 2.75) is 34.1 Å². The van der Waals surface area contributed by atoms with E-state index < -0.39 is 0 Å². The number of hydrogen-bond acceptors (Lipinski definition) is 1. The van der Waals surface area contributed by atoms with E-state index in [2.05, 4.69) is 85.5 Å². The maximum Gasteiger partial charge on any atom is 0.122 e. The molecule has 0 radical (unpaired) electrons. The summed E-state index contributed by atoms with van der Waals surface area (Å²) in [6.07, 6.45) is 7.65. The first-order valence-electron chi connectivity index (χ1n) is 8.27. The van der Waals surface area contributed by atoms with E-state index in [9.17, 15) is 0 Å². The van der Waals surface area contributed by atoms with Gasteiger partial charge in [0.15, 0.2) is 0 Å². The predicted molar refractivity (Wildman–Crippen MR) is 117 cm³/mol. The minimum absolute atomic E-state index is 0. The van der Waals surface area contributed by atoms with E-state index in [1.165, 1.54) is 38.7 Å². The van der Waals surface area contributed by atoms with Crippen molar-refractivity contribution < 1.29 is 4.74 Å². The van der Waals surface area contributed by atoms with E-state index in [-0.39, 0.29) is 12.4 Å². The second-order valence-corrected chi connectivity index (χ2v) is 6.87. The molecule has 1 unspecified atom stereocenters. The zero-order valence-electron chi connectivity index (χ0n) is 15.7. The fourth-order valence-corrected chi connectivity index (χ4v) is 3.13. The predicted octanol–water partition coefficient (Wildman–Crippen LogP) is 5.74. The van der Waals surface area contributed by atoms with Crippen molar-refractivity contribution in [3.05, 3.63) is 75.9 Å². The first-order chi connectivity index (χ1) is 11.4. The van der Waals surface area contributed by atoms with E-state index in [1.807, 2.05) is 0 Å². The van der Waals surface area contributed by atoms with Crippen LogP contribution in [-0.2, 0) is 6.42 Å². The van der Waals surface area contributed by atoms with Gasteiger partial charge in [0.25, 0.3) is 0 Å². The Morgan fingerprint density at radius 1 is 1.12 bits per heavy atom. The summed E-state index contributed by atoms with van der Waals surface area (Å²) in [5.41, 5.74) is 7.65. The SMILES string of the molecule is COc1cc(C)c(C=CC(C)=CCc2ccccc2P)c(C)c1C.Cl. The van der Waals surface area contributed by atoms with Crippen LogP contribution in [0.25, 0.3) is 6.08 Å². The van der Waals surface area contributed by atoms with Crippen molar-refractivity contribution in [3.8, 4) is 5.75 Å². The fourth-order valence-electron chi connectivity index (χ4n) is 2.81. The largest absolute Gasteiger partial charge is 0.496 e. The fraction of sp³-hybridized carbons (Fsp3) is 0.273. The summed E-state index contributed by atoms with van der Waals surface area (Å²) in [5, 5.41) is 1.27. The van der Waals surface area contributed by atoms with Gasteiger partial charge in [-0.2, -0.15) is 0 Å². The van der Waals surface area contributed by atoms with Gasteiger partial charge in [0.05, 0.1) is 7.11 Å². The normalized spacial score (nSPS) is 11.5. The van der Waals surface area contributed by atoms with E-state index in [1.54, 1.807) is 7.11 Å². The molecule has 0 aliphatic rings. The third-order valence-electron chi connectivity index (χ3n) is 4.54. The molecule has 2 aromatic rings. The van der Waals surface area contributed by atoms with E-state index in [0.717, 1.165) is 12.2 Å². The third-order valence-corrected chi connectivity index (χ3v) is 5.10. The molecule has 0 spiro atoms. The molecule has 0 saturated heterocycles. The molecule has 0 fully saturated rings. The Kier molecular flexibility index (Phi) is 8.42. The van der Waals surface area contributed by atoms with Gasteiger partial charge < -0.3 is 4.74 Å². The smallest absolute Gasteiger partial charge is 0.122 e. The van der Waals surface area contributed by atoms with Crippen LogP contribution in [-0.4, -0.2) is 7.11 Å². The maximum absolute atomic E-state index is 5.45. The van der Waals surface area contributed by atoms with Crippen molar-refractivity contribution in [2.75, 3.05) is 7.11 Å². The van der Waals surface area contributed by atoms with Crippen LogP contribution < -0.4 is 10.0 Å². The monoisotopic (exact) mass is 374 g/mol. The van der Waals surface area contributed by atoms with Gasteiger partial charge in [-0.05, 0) is 73.3 Å². The number of allylic oxidation sites excluding steroid dienone is 3. The molecule has 134 valence electrons. The van der Waals surface area contributed by atoms with E-state index >= 15 is 0 Å². The molecular weight excluding hydrogens is 347 g/mol. The van der Waals surface area contributed by atoms with Crippen LogP contribution >= 0.6 is 21.6 Å². The summed E-state index contributed by atoms with van der Waals surface area (Å²) < 4.78 is 5.45. The number of aryl methyl sites for hydroxylation is 1. The molecule has 2 rings (SSSR count). The van der Waals surface area contributed by atoms with Crippen LogP contribution in [0.3, 0.4) is 0 Å². The second kappa shape index (κ2) is 9.80. The number of benzene rings is 2. The lowest BCUT2D eigenvalue weighted by molar-refractivity contribution is 0.411. The van der Waals surface area contributed by atoms with Crippen molar-refractivity contribution in [3.63, 3.8) is 0 Å². The highest BCUT2D eigenvalue weighted by atomic mass is 35.5. The minimum Gasteiger partial charge on any atom is -0.496 e. The highest BCUT2D eigenvalue weighted by Gasteiger charge is 2.08. The summed E-state index contributed by atoms with van der Waals surface area (Å²) in [6.45, 7) is 8.57. The molecule has 0 bridgehead atoms. The molecule has 0 aliphatic heterocycles. The Labute approximate surface area is 160 Å². The molecule has 3 heteroatoms. The molecule has 25 heavy (non-hydrogen) atoms. The molecule has 0 heterocycles. The number of methoxy groups -OCH3 is 1. The average Bonchev–Trinajstić information content (AvgIpc) is 2.57. The highest BCUT2D eigenvalue weighted by molar-refractivity contribution is 7.27. The Morgan fingerprint density at radius 2 is 1.80 bits per heavy atom. The molecule has 0 saturated carbocycles. The Hall–Kier alpha value is -1.56. The molecule has 1 atom stereocenters. The molecule has 0 aliphatic carbocycles. The van der Waals surface area contributed by atoms with Gasteiger partial charge in [-0.25, -0.2) is 0 Å². The molecular formula is C22H28ClOP. The lowest BCUT2D eigenvalue weighted by Gasteiger charge is -2.13. The Bertz CT molecular complexity index is 791. The van der Waals surface area contributed by atoms with Crippen molar-refractivity contribution in [1.29, 1.82) is 0 Å². The summed E-state index contributed by atoms with van der Waals surface area (Å²) in [6, 6.07) is 10.6. The number of ether oxygens (including phenoxy) is 1. The highest BCUT2D eigenvalue weighted by Crippen LogP contribution is 2.28. The number of rotatable bonds is 5. The van der Waals surface area contributed by atoms with Gasteiger partial charge >= 0.3 is 0 Å². The molecule has 1 nitrogen and oxygen atoms in total. The van der Waals surface area contributed by atoms with Gasteiger partial charge in [0.2, 0.25) is 0 Å². The molecule has 0 aromatic heterocycles. The standard InChI is InChI=1S/C22H27OP.ClH/c1-15(10-12-19-8-6-7-9-22(19)24)11-13-20-16(2)14-21(23-5)18(4)17(20)3;/h6-11,13-14H,12,24H2,1-5H3;1H. The lowest BCUT2D eigenvalue weighted by atomic mass is 9.96. The van der Waals surface area contributed by atoms with Gasteiger partial charge in [-0.1, -0.05) is 48.1 Å². The third kappa shape index (κ3) is 5.46. The Balaban J connectivity index is 0.00000312. The van der Waals surface area contributed by atoms with Crippen LogP contribution in [0, 0.1) is 20.8 Å². The summed E-state index contributed by atoms with van der Waals surface area (Å²) >= 11 is 0. The second-order valence-electron chi connectivity index (χ2n) is 6.24. The van der Waals surface area contributed by atoms with Crippen molar-refractivity contribution in [1.82, 2.24) is 0 Å². The lowest BCUT2D eigenvalue weighted by Crippen LogP contribution is -1.99. The van der Waals surface area contributed by atoms with Crippen molar-refractivity contribution >= 4 is 33.0 Å². The average molecular weight is 375 g/mol. The van der Waals surface area contributed by atoms with Crippen LogP contribution in [0.4, 0.5) is 0 Å². The van der Waals surface area contributed by atoms with Gasteiger partial charge in [-0.15, -0.1) is 21.6 Å². The zero-order chi connectivity index (χ0) is 17.7. The van der Waals surface area contributed by atoms with Crippen LogP contribution in [0.5, 0.6) is 5.75 Å². The molecule has 0 N–H and O–H groups in total.